The molecule has 176 valence electrons. The van der Waals surface area contributed by atoms with E-state index in [1.165, 1.54) is 6.07 Å². The van der Waals surface area contributed by atoms with Crippen molar-refractivity contribution in [2.75, 3.05) is 0 Å². The Morgan fingerprint density at radius 1 is 0.912 bits per heavy atom. The zero-order valence-corrected chi connectivity index (χ0v) is 20.7. The van der Waals surface area contributed by atoms with Gasteiger partial charge in [-0.25, -0.2) is 4.79 Å². The van der Waals surface area contributed by atoms with Gasteiger partial charge in [-0.2, -0.15) is 0 Å². The highest BCUT2D eigenvalue weighted by Crippen LogP contribution is 2.35. The highest BCUT2D eigenvalue weighted by Gasteiger charge is 2.17. The van der Waals surface area contributed by atoms with E-state index in [-0.39, 0.29) is 24.8 Å². The van der Waals surface area contributed by atoms with E-state index in [9.17, 15) is 4.79 Å². The number of furan rings is 1. The summed E-state index contributed by atoms with van der Waals surface area (Å²) in [5.74, 6) is 0.630. The molecule has 8 heteroatoms. The first-order chi connectivity index (χ1) is 15.5. The smallest absolute Gasteiger partial charge is 0.336 e. The van der Waals surface area contributed by atoms with Gasteiger partial charge in [0.2, 0.25) is 0 Å². The van der Waals surface area contributed by atoms with Gasteiger partial charge in [-0.15, -0.1) is 24.8 Å². The molecule has 6 nitrogen and oxygen atoms in total. The van der Waals surface area contributed by atoms with Crippen molar-refractivity contribution in [2.24, 2.45) is 0 Å². The molecule has 0 radical (unpaired) electrons. The summed E-state index contributed by atoms with van der Waals surface area (Å²) >= 11 is 0. The molecule has 0 atom stereocenters. The van der Waals surface area contributed by atoms with Gasteiger partial charge in [-0.3, -0.25) is 9.97 Å². The first-order valence-corrected chi connectivity index (χ1v) is 10.5. The van der Waals surface area contributed by atoms with Crippen LogP contribution in [-0.2, 0) is 13.1 Å². The summed E-state index contributed by atoms with van der Waals surface area (Å²) in [4.78, 5) is 21.0. The normalized spacial score (nSPS) is 10.8. The summed E-state index contributed by atoms with van der Waals surface area (Å²) in [5, 5.41) is 5.28. The first-order valence-electron chi connectivity index (χ1n) is 10.5. The van der Waals surface area contributed by atoms with Crippen molar-refractivity contribution >= 4 is 46.8 Å². The molecular weight excluding hydrogens is 473 g/mol. The van der Waals surface area contributed by atoms with Crippen LogP contribution in [0.4, 0.5) is 0 Å². The molecule has 4 aromatic heterocycles. The predicted molar refractivity (Wildman–Crippen MR) is 139 cm³/mol. The lowest BCUT2D eigenvalue weighted by Gasteiger charge is -2.07. The van der Waals surface area contributed by atoms with E-state index in [2.05, 4.69) is 15.3 Å². The Balaban J connectivity index is 0.00000162. The Kier molecular flexibility index (Phi) is 7.77. The van der Waals surface area contributed by atoms with Crippen LogP contribution in [-0.4, -0.2) is 9.97 Å². The lowest BCUT2D eigenvalue weighted by atomic mass is 10.0. The molecule has 1 N–H and O–H groups in total. The van der Waals surface area contributed by atoms with Crippen LogP contribution in [0.2, 0.25) is 0 Å². The Morgan fingerprint density at radius 2 is 1.74 bits per heavy atom. The van der Waals surface area contributed by atoms with E-state index in [4.69, 9.17) is 8.83 Å². The molecule has 0 bridgehead atoms. The Hall–Kier alpha value is -3.19. The summed E-state index contributed by atoms with van der Waals surface area (Å²) in [6, 6.07) is 11.5. The zero-order chi connectivity index (χ0) is 22.2. The van der Waals surface area contributed by atoms with Crippen LogP contribution >= 0.6 is 24.8 Å². The third kappa shape index (κ3) is 4.71. The number of aromatic nitrogens is 2. The van der Waals surface area contributed by atoms with E-state index >= 15 is 0 Å². The molecule has 0 fully saturated rings. The van der Waals surface area contributed by atoms with Crippen molar-refractivity contribution in [3.63, 3.8) is 0 Å². The van der Waals surface area contributed by atoms with Crippen molar-refractivity contribution in [2.45, 2.75) is 33.9 Å². The third-order valence-electron chi connectivity index (χ3n) is 5.89. The van der Waals surface area contributed by atoms with Gasteiger partial charge in [-0.1, -0.05) is 18.2 Å². The second-order valence-corrected chi connectivity index (χ2v) is 8.05. The van der Waals surface area contributed by atoms with Crippen molar-refractivity contribution in [1.29, 1.82) is 0 Å². The summed E-state index contributed by atoms with van der Waals surface area (Å²) in [7, 11) is 0. The molecule has 5 aromatic rings. The number of nitrogens with zero attached hydrogens (tertiary/aromatic N) is 2. The van der Waals surface area contributed by atoms with Crippen molar-refractivity contribution in [1.82, 2.24) is 15.3 Å². The van der Waals surface area contributed by atoms with Gasteiger partial charge < -0.3 is 14.2 Å². The predicted octanol–water partition coefficient (Wildman–Crippen LogP) is 6.05. The van der Waals surface area contributed by atoms with E-state index < -0.39 is 5.63 Å². The van der Waals surface area contributed by atoms with Crippen LogP contribution in [0.25, 0.3) is 33.3 Å². The maximum atomic E-state index is 12.3. The van der Waals surface area contributed by atoms with Gasteiger partial charge in [0, 0.05) is 54.1 Å². The summed E-state index contributed by atoms with van der Waals surface area (Å²) in [5.41, 5.74) is 6.64. The summed E-state index contributed by atoms with van der Waals surface area (Å²) in [6.45, 7) is 7.23. The van der Waals surface area contributed by atoms with Crippen LogP contribution in [0.1, 0.15) is 27.9 Å². The van der Waals surface area contributed by atoms with Gasteiger partial charge in [0.05, 0.1) is 5.69 Å². The van der Waals surface area contributed by atoms with Crippen LogP contribution in [0.3, 0.4) is 0 Å². The molecule has 0 aliphatic heterocycles. The van der Waals surface area contributed by atoms with E-state index in [1.807, 2.05) is 63.5 Å². The number of fused-ring (bicyclic) bond motifs is 2. The van der Waals surface area contributed by atoms with E-state index in [0.29, 0.717) is 24.4 Å². The summed E-state index contributed by atoms with van der Waals surface area (Å²) < 4.78 is 11.8. The number of aryl methyl sites for hydroxylation is 3. The van der Waals surface area contributed by atoms with E-state index in [1.54, 1.807) is 6.20 Å². The minimum atomic E-state index is -0.394. The number of hydrogen-bond acceptors (Lipinski definition) is 6. The lowest BCUT2D eigenvalue weighted by Crippen LogP contribution is -2.13. The molecule has 0 aliphatic rings. The monoisotopic (exact) mass is 497 g/mol. The Labute approximate surface area is 209 Å². The number of benzene rings is 1. The second-order valence-electron chi connectivity index (χ2n) is 8.05. The van der Waals surface area contributed by atoms with Crippen LogP contribution < -0.4 is 10.9 Å². The minimum Gasteiger partial charge on any atom is -0.454 e. The van der Waals surface area contributed by atoms with Crippen molar-refractivity contribution in [3.05, 3.63) is 93.4 Å². The summed E-state index contributed by atoms with van der Waals surface area (Å²) in [6.07, 6.45) is 5.49. The standard InChI is InChI=1S/C26H23N3O3.2ClH/c1-15-6-7-20-22(10-24(30)32-25(20)16(15)2)23-9-21-19(14-29-17(3)26(21)31-23)13-28-12-18-5-4-8-27-11-18;;/h4-11,14,28H,12-13H2,1-3H3;2*1H. The van der Waals surface area contributed by atoms with Gasteiger partial charge >= 0.3 is 5.63 Å². The van der Waals surface area contributed by atoms with Crippen molar-refractivity contribution in [3.8, 4) is 11.3 Å². The molecule has 0 spiro atoms. The maximum Gasteiger partial charge on any atom is 0.336 e. The molecule has 1 aromatic carbocycles. The number of halogens is 2. The van der Waals surface area contributed by atoms with Crippen molar-refractivity contribution < 1.29 is 8.83 Å². The number of rotatable bonds is 5. The molecule has 0 saturated heterocycles. The van der Waals surface area contributed by atoms with Gasteiger partial charge in [0.15, 0.2) is 5.58 Å². The van der Waals surface area contributed by atoms with Crippen LogP contribution in [0, 0.1) is 20.8 Å². The quantitative estimate of drug-likeness (QED) is 0.297. The Morgan fingerprint density at radius 3 is 2.50 bits per heavy atom. The zero-order valence-electron chi connectivity index (χ0n) is 19.0. The first kappa shape index (κ1) is 25.4. The molecule has 34 heavy (non-hydrogen) atoms. The Bertz CT molecular complexity index is 1510. The molecule has 4 heterocycles. The maximum absolute atomic E-state index is 12.3. The van der Waals surface area contributed by atoms with E-state index in [0.717, 1.165) is 49.9 Å². The average molecular weight is 498 g/mol. The highest BCUT2D eigenvalue weighted by atomic mass is 35.5. The highest BCUT2D eigenvalue weighted by molar-refractivity contribution is 5.97. The fourth-order valence-electron chi connectivity index (χ4n) is 3.98. The molecule has 0 aliphatic carbocycles. The number of pyridine rings is 2. The second kappa shape index (κ2) is 10.4. The number of hydrogen-bond donors (Lipinski definition) is 1. The fraction of sp³-hybridized carbons (Fsp3) is 0.192. The molecule has 0 unspecified atom stereocenters. The minimum absolute atomic E-state index is 0. The van der Waals surface area contributed by atoms with Crippen LogP contribution in [0.15, 0.2) is 68.6 Å². The topological polar surface area (TPSA) is 81.2 Å². The van der Waals surface area contributed by atoms with Gasteiger partial charge in [0.25, 0.3) is 0 Å². The molecular formula is C26H25Cl2N3O3. The SMILES string of the molecule is Cc1ccc2c(-c3cc4c(CNCc5cccnc5)cnc(C)c4o3)cc(=O)oc2c1C.Cl.Cl. The van der Waals surface area contributed by atoms with Crippen LogP contribution in [0.5, 0.6) is 0 Å². The van der Waals surface area contributed by atoms with Gasteiger partial charge in [0.1, 0.15) is 11.3 Å². The largest absolute Gasteiger partial charge is 0.454 e. The third-order valence-corrected chi connectivity index (χ3v) is 5.89. The average Bonchev–Trinajstić information content (AvgIpc) is 3.25. The molecule has 0 saturated carbocycles. The van der Waals surface area contributed by atoms with Gasteiger partial charge in [-0.05, 0) is 55.2 Å². The number of nitrogens with one attached hydrogen (secondary N) is 1. The molecule has 0 amide bonds. The lowest BCUT2D eigenvalue weighted by molar-refractivity contribution is 0.557. The molecule has 5 rings (SSSR count). The fourth-order valence-corrected chi connectivity index (χ4v) is 3.98.